The molecule has 2 amide bonds. The van der Waals surface area contributed by atoms with Gasteiger partial charge in [0.15, 0.2) is 11.6 Å². The van der Waals surface area contributed by atoms with Crippen LogP contribution in [-0.4, -0.2) is 62.6 Å². The van der Waals surface area contributed by atoms with E-state index < -0.39 is 0 Å². The molecular weight excluding hydrogens is 530 g/mol. The van der Waals surface area contributed by atoms with Crippen molar-refractivity contribution in [2.45, 2.75) is 84.1 Å². The van der Waals surface area contributed by atoms with Crippen molar-refractivity contribution in [3.05, 3.63) is 39.9 Å². The predicted molar refractivity (Wildman–Crippen MR) is 148 cm³/mol. The van der Waals surface area contributed by atoms with Crippen LogP contribution in [0.25, 0.3) is 0 Å². The fourth-order valence-electron chi connectivity index (χ4n) is 7.43. The van der Waals surface area contributed by atoms with Crippen LogP contribution in [0.5, 0.6) is 5.75 Å². The molecule has 40 heavy (non-hydrogen) atoms. The number of fused-ring (bicyclic) bond motifs is 2. The lowest BCUT2D eigenvalue weighted by molar-refractivity contribution is -0.143. The molecule has 1 spiro atoms. The third-order valence-corrected chi connectivity index (χ3v) is 10.3. The summed E-state index contributed by atoms with van der Waals surface area (Å²) in [4.78, 5) is 31.4. The Bertz CT molecular complexity index is 1320. The Balaban J connectivity index is 1.22. The van der Waals surface area contributed by atoms with E-state index in [1.165, 1.54) is 6.42 Å². The maximum absolute atomic E-state index is 14.2. The number of benzene rings is 1. The van der Waals surface area contributed by atoms with Gasteiger partial charge in [0.25, 0.3) is 0 Å². The van der Waals surface area contributed by atoms with E-state index in [9.17, 15) is 9.59 Å². The molecule has 10 heteroatoms. The van der Waals surface area contributed by atoms with E-state index in [2.05, 4.69) is 26.6 Å². The van der Waals surface area contributed by atoms with Gasteiger partial charge in [0.05, 0.1) is 12.6 Å². The fraction of sp³-hybridized carbons (Fsp3) is 0.667. The number of rotatable bonds is 6. The van der Waals surface area contributed by atoms with Crippen LogP contribution in [0, 0.1) is 17.3 Å². The maximum Gasteiger partial charge on any atom is 0.226 e. The van der Waals surface area contributed by atoms with Gasteiger partial charge >= 0.3 is 0 Å². The van der Waals surface area contributed by atoms with Crippen LogP contribution in [-0.2, 0) is 40.5 Å². The van der Waals surface area contributed by atoms with Gasteiger partial charge in [-0.25, -0.2) is 0 Å². The summed E-state index contributed by atoms with van der Waals surface area (Å²) in [7, 11) is 0. The van der Waals surface area contributed by atoms with Crippen LogP contribution in [0.2, 0.25) is 5.02 Å². The molecule has 2 aliphatic carbocycles. The molecule has 3 aliphatic heterocycles. The summed E-state index contributed by atoms with van der Waals surface area (Å²) in [5.41, 5.74) is 2.13. The van der Waals surface area contributed by atoms with Gasteiger partial charge in [-0.15, -0.1) is 10.2 Å². The summed E-state index contributed by atoms with van der Waals surface area (Å²) in [6, 6.07) is 3.51. The molecule has 5 aliphatic rings. The molecule has 9 nitrogen and oxygen atoms in total. The number of hydrogen-bond acceptors (Lipinski definition) is 6. The normalized spacial score (nSPS) is 27.1. The van der Waals surface area contributed by atoms with Gasteiger partial charge in [-0.2, -0.15) is 0 Å². The first-order chi connectivity index (χ1) is 19.4. The van der Waals surface area contributed by atoms with Gasteiger partial charge in [0.2, 0.25) is 11.8 Å². The summed E-state index contributed by atoms with van der Waals surface area (Å²) in [6.45, 7) is 6.11. The number of carbonyl (C=O) groups is 2. The number of carbonyl (C=O) groups excluding carboxylic acids is 2. The molecule has 1 saturated heterocycles. The summed E-state index contributed by atoms with van der Waals surface area (Å²) < 4.78 is 14.0. The molecule has 3 atom stereocenters. The molecule has 1 aromatic carbocycles. The van der Waals surface area contributed by atoms with E-state index in [-0.39, 0.29) is 35.8 Å². The molecule has 0 N–H and O–H groups in total. The average molecular weight is 568 g/mol. The zero-order chi connectivity index (χ0) is 27.4. The zero-order valence-electron chi connectivity index (χ0n) is 23.2. The van der Waals surface area contributed by atoms with Crippen LogP contribution in [0.4, 0.5) is 0 Å². The summed E-state index contributed by atoms with van der Waals surface area (Å²) in [5.74, 6) is 3.07. The first kappa shape index (κ1) is 26.3. The molecule has 2 aromatic rings. The highest BCUT2D eigenvalue weighted by Crippen LogP contribution is 2.54. The second-order valence-corrected chi connectivity index (χ2v) is 13.0. The molecule has 1 aromatic heterocycles. The van der Waals surface area contributed by atoms with Crippen molar-refractivity contribution in [1.82, 2.24) is 24.6 Å². The van der Waals surface area contributed by atoms with Crippen molar-refractivity contribution in [3.63, 3.8) is 0 Å². The fourth-order valence-corrected chi connectivity index (χ4v) is 7.69. The Kier molecular flexibility index (Phi) is 6.77. The SMILES string of the molecule is C[C@H]1CCCC[C@H]1C(=O)N1CCc2c(Cl)ccc(OCc3nnc4n3CCOC4)c2[C@H]1CN1CC2(CC2)CC1=O. The van der Waals surface area contributed by atoms with E-state index in [4.69, 9.17) is 21.1 Å². The Labute approximate surface area is 240 Å². The topological polar surface area (TPSA) is 89.8 Å². The largest absolute Gasteiger partial charge is 0.485 e. The van der Waals surface area contributed by atoms with E-state index >= 15 is 0 Å². The van der Waals surface area contributed by atoms with Crippen LogP contribution < -0.4 is 4.74 Å². The number of aromatic nitrogens is 3. The van der Waals surface area contributed by atoms with Crippen LogP contribution >= 0.6 is 11.6 Å². The van der Waals surface area contributed by atoms with Crippen molar-refractivity contribution in [2.75, 3.05) is 26.2 Å². The molecular formula is C30H38ClN5O4. The maximum atomic E-state index is 14.2. The van der Waals surface area contributed by atoms with E-state index in [1.54, 1.807) is 0 Å². The van der Waals surface area contributed by atoms with Gasteiger partial charge in [-0.3, -0.25) is 9.59 Å². The third-order valence-electron chi connectivity index (χ3n) is 9.99. The average Bonchev–Trinajstić information content (AvgIpc) is 3.46. The lowest BCUT2D eigenvalue weighted by Crippen LogP contribution is -2.49. The Morgan fingerprint density at radius 3 is 2.85 bits per heavy atom. The summed E-state index contributed by atoms with van der Waals surface area (Å²) in [6.07, 6.45) is 7.84. The predicted octanol–water partition coefficient (Wildman–Crippen LogP) is 4.31. The smallest absolute Gasteiger partial charge is 0.226 e. The first-order valence-corrected chi connectivity index (χ1v) is 15.3. The Hall–Kier alpha value is -2.65. The van der Waals surface area contributed by atoms with Gasteiger partial charge in [-0.05, 0) is 61.1 Å². The van der Waals surface area contributed by atoms with Crippen LogP contribution in [0.1, 0.15) is 80.7 Å². The quantitative estimate of drug-likeness (QED) is 0.517. The zero-order valence-corrected chi connectivity index (χ0v) is 24.0. The van der Waals surface area contributed by atoms with Crippen LogP contribution in [0.3, 0.4) is 0 Å². The monoisotopic (exact) mass is 567 g/mol. The highest BCUT2D eigenvalue weighted by atomic mass is 35.5. The molecule has 0 unspecified atom stereocenters. The van der Waals surface area contributed by atoms with Gasteiger partial charge in [-0.1, -0.05) is 31.4 Å². The highest BCUT2D eigenvalue weighted by molar-refractivity contribution is 6.31. The van der Waals surface area contributed by atoms with E-state index in [0.717, 1.165) is 61.4 Å². The van der Waals surface area contributed by atoms with Gasteiger partial charge < -0.3 is 23.8 Å². The number of nitrogens with zero attached hydrogens (tertiary/aromatic N) is 5. The lowest BCUT2D eigenvalue weighted by atomic mass is 9.78. The number of likely N-dealkylation sites (tertiary alicyclic amines) is 1. The van der Waals surface area contributed by atoms with E-state index in [0.29, 0.717) is 62.4 Å². The van der Waals surface area contributed by atoms with Gasteiger partial charge in [0, 0.05) is 49.1 Å². The number of hydrogen-bond donors (Lipinski definition) is 0. The highest BCUT2D eigenvalue weighted by Gasteiger charge is 2.52. The minimum atomic E-state index is -0.294. The molecule has 4 heterocycles. The van der Waals surface area contributed by atoms with E-state index in [1.807, 2.05) is 17.0 Å². The first-order valence-electron chi connectivity index (χ1n) is 14.9. The summed E-state index contributed by atoms with van der Waals surface area (Å²) >= 11 is 6.79. The minimum absolute atomic E-state index is 0.0233. The second-order valence-electron chi connectivity index (χ2n) is 12.6. The number of ether oxygens (including phenoxy) is 2. The summed E-state index contributed by atoms with van der Waals surface area (Å²) in [5, 5.41) is 9.31. The minimum Gasteiger partial charge on any atom is -0.485 e. The molecule has 214 valence electrons. The number of amides is 2. The van der Waals surface area contributed by atoms with Crippen molar-refractivity contribution >= 4 is 23.4 Å². The second kappa shape index (κ2) is 10.3. The van der Waals surface area contributed by atoms with Crippen LogP contribution in [0.15, 0.2) is 12.1 Å². The number of halogens is 1. The van der Waals surface area contributed by atoms with Crippen molar-refractivity contribution in [1.29, 1.82) is 0 Å². The third kappa shape index (κ3) is 4.69. The lowest BCUT2D eigenvalue weighted by Gasteiger charge is -2.43. The van der Waals surface area contributed by atoms with Crippen molar-refractivity contribution in [2.24, 2.45) is 17.3 Å². The molecule has 3 fully saturated rings. The van der Waals surface area contributed by atoms with Gasteiger partial charge in [0.1, 0.15) is 19.0 Å². The molecule has 0 radical (unpaired) electrons. The molecule has 2 saturated carbocycles. The molecule has 7 rings (SSSR count). The van der Waals surface area contributed by atoms with Crippen molar-refractivity contribution < 1.29 is 19.1 Å². The molecule has 0 bridgehead atoms. The standard InChI is InChI=1S/C30H38ClN5O4/c1-19-4-2-3-5-20(19)29(38)35-11-8-21-22(31)6-7-24(40-17-26-33-32-25-16-39-13-12-36(25)26)28(21)23(35)15-34-18-30(9-10-30)14-27(34)37/h6-7,19-20,23H,2-5,8-18H2,1H3/t19-,20+,23+/m0/s1. The Morgan fingerprint density at radius 2 is 2.05 bits per heavy atom. The van der Waals surface area contributed by atoms with Crippen molar-refractivity contribution in [3.8, 4) is 5.75 Å². The Morgan fingerprint density at radius 1 is 1.20 bits per heavy atom.